The molecule has 1 aromatic heterocycles. The third kappa shape index (κ3) is 2.49. The Hall–Kier alpha value is -1.65. The van der Waals surface area contributed by atoms with Gasteiger partial charge in [-0.1, -0.05) is 27.7 Å². The minimum atomic E-state index is 0.105. The van der Waals surface area contributed by atoms with E-state index in [0.29, 0.717) is 11.8 Å². The first-order valence-electron chi connectivity index (χ1n) is 7.47. The summed E-state index contributed by atoms with van der Waals surface area (Å²) in [5.74, 6) is 2.16. The van der Waals surface area contributed by atoms with Crippen molar-refractivity contribution in [2.24, 2.45) is 17.6 Å². The van der Waals surface area contributed by atoms with E-state index in [1.807, 2.05) is 0 Å². The Morgan fingerprint density at radius 1 is 1.20 bits per heavy atom. The maximum atomic E-state index is 7.94. The van der Waals surface area contributed by atoms with Crippen LogP contribution in [0, 0.1) is 17.2 Å². The number of aryl methyl sites for hydroxylation is 1. The van der Waals surface area contributed by atoms with Crippen molar-refractivity contribution in [3.63, 3.8) is 0 Å². The zero-order valence-corrected chi connectivity index (χ0v) is 12.9. The van der Waals surface area contributed by atoms with Gasteiger partial charge >= 0.3 is 0 Å². The van der Waals surface area contributed by atoms with Crippen molar-refractivity contribution in [1.82, 2.24) is 10.2 Å². The predicted octanol–water partition coefficient (Wildman–Crippen LogP) is 1.98. The molecule has 110 valence electrons. The predicted molar refractivity (Wildman–Crippen MR) is 82.3 cm³/mol. The molecule has 2 heterocycles. The van der Waals surface area contributed by atoms with Crippen LogP contribution in [0.15, 0.2) is 0 Å². The molecule has 1 aliphatic rings. The van der Waals surface area contributed by atoms with Crippen LogP contribution in [0.25, 0.3) is 0 Å². The molecule has 1 aromatic rings. The summed E-state index contributed by atoms with van der Waals surface area (Å²) in [5.41, 5.74) is 8.67. The van der Waals surface area contributed by atoms with Gasteiger partial charge in [0.05, 0.1) is 11.3 Å². The Morgan fingerprint density at radius 3 is 2.25 bits per heavy atom. The Bertz CT molecular complexity index is 501. The highest BCUT2D eigenvalue weighted by atomic mass is 15.3. The summed E-state index contributed by atoms with van der Waals surface area (Å²) in [7, 11) is 0. The fraction of sp³-hybridized carbons (Fsp3) is 0.667. The number of anilines is 1. The molecule has 2 rings (SSSR count). The second-order valence-corrected chi connectivity index (χ2v) is 5.80. The van der Waals surface area contributed by atoms with Crippen molar-refractivity contribution in [3.05, 3.63) is 16.8 Å². The first-order chi connectivity index (χ1) is 9.49. The van der Waals surface area contributed by atoms with Crippen molar-refractivity contribution in [2.45, 2.75) is 40.5 Å². The van der Waals surface area contributed by atoms with Gasteiger partial charge < -0.3 is 10.6 Å². The van der Waals surface area contributed by atoms with Gasteiger partial charge in [0.15, 0.2) is 5.82 Å². The van der Waals surface area contributed by atoms with E-state index < -0.39 is 0 Å². The highest BCUT2D eigenvalue weighted by Gasteiger charge is 2.30. The molecule has 0 saturated carbocycles. The molecule has 3 N–H and O–H groups in total. The quantitative estimate of drug-likeness (QED) is 0.650. The van der Waals surface area contributed by atoms with Gasteiger partial charge in [-0.3, -0.25) is 5.41 Å². The summed E-state index contributed by atoms with van der Waals surface area (Å²) in [5, 5.41) is 16.7. The maximum absolute atomic E-state index is 7.94. The van der Waals surface area contributed by atoms with Crippen LogP contribution in [-0.2, 0) is 12.8 Å². The van der Waals surface area contributed by atoms with Gasteiger partial charge in [-0.05, 0) is 30.2 Å². The number of nitrogen functional groups attached to an aromatic ring is 1. The van der Waals surface area contributed by atoms with E-state index in [1.165, 1.54) is 0 Å². The van der Waals surface area contributed by atoms with Crippen molar-refractivity contribution >= 4 is 11.7 Å². The van der Waals surface area contributed by atoms with Gasteiger partial charge in [-0.2, -0.15) is 5.10 Å². The van der Waals surface area contributed by atoms with Gasteiger partial charge in [0.25, 0.3) is 0 Å². The van der Waals surface area contributed by atoms with Crippen LogP contribution in [0.5, 0.6) is 0 Å². The lowest BCUT2D eigenvalue weighted by molar-refractivity contribution is 0.494. The zero-order chi connectivity index (χ0) is 14.9. The van der Waals surface area contributed by atoms with E-state index in [0.717, 1.165) is 48.6 Å². The van der Waals surface area contributed by atoms with Gasteiger partial charge in [-0.15, -0.1) is 5.10 Å². The number of hydrogen-bond donors (Lipinski definition) is 2. The monoisotopic (exact) mass is 275 g/mol. The Balaban J connectivity index is 2.51. The minimum absolute atomic E-state index is 0.105. The summed E-state index contributed by atoms with van der Waals surface area (Å²) in [6, 6.07) is 0. The van der Waals surface area contributed by atoms with E-state index in [1.54, 1.807) is 0 Å². The first-order valence-corrected chi connectivity index (χ1v) is 7.47. The Kier molecular flexibility index (Phi) is 4.26. The standard InChI is InChI=1S/C15H25N5/c1-5-11-12(6-2)18-19-15(13(11)14(16)17)20-7-9(3)10(4)8-20/h9-10H,5-8H2,1-4H3,(H3,16,17). The average molecular weight is 275 g/mol. The topological polar surface area (TPSA) is 78.9 Å². The summed E-state index contributed by atoms with van der Waals surface area (Å²) in [4.78, 5) is 2.23. The van der Waals surface area contributed by atoms with Gasteiger partial charge in [0, 0.05) is 13.1 Å². The van der Waals surface area contributed by atoms with Crippen LogP contribution < -0.4 is 10.6 Å². The van der Waals surface area contributed by atoms with E-state index in [2.05, 4.69) is 42.8 Å². The third-order valence-electron chi connectivity index (χ3n) is 4.38. The molecule has 2 unspecified atom stereocenters. The molecule has 1 aliphatic heterocycles. The average Bonchev–Trinajstić information content (AvgIpc) is 2.76. The summed E-state index contributed by atoms with van der Waals surface area (Å²) < 4.78 is 0. The third-order valence-corrected chi connectivity index (χ3v) is 4.38. The molecule has 5 nitrogen and oxygen atoms in total. The summed E-state index contributed by atoms with van der Waals surface area (Å²) in [6.45, 7) is 10.6. The Labute approximate surface area is 121 Å². The van der Waals surface area contributed by atoms with Crippen LogP contribution >= 0.6 is 0 Å². The lowest BCUT2D eigenvalue weighted by Crippen LogP contribution is -2.28. The zero-order valence-electron chi connectivity index (χ0n) is 12.9. The Morgan fingerprint density at radius 2 is 1.80 bits per heavy atom. The number of hydrogen-bond acceptors (Lipinski definition) is 4. The number of rotatable bonds is 4. The van der Waals surface area contributed by atoms with Crippen LogP contribution in [0.3, 0.4) is 0 Å². The fourth-order valence-electron chi connectivity index (χ4n) is 2.97. The van der Waals surface area contributed by atoms with Crippen molar-refractivity contribution in [3.8, 4) is 0 Å². The molecule has 1 fully saturated rings. The molecule has 0 amide bonds. The molecular weight excluding hydrogens is 250 g/mol. The van der Waals surface area contributed by atoms with Crippen LogP contribution in [0.2, 0.25) is 0 Å². The maximum Gasteiger partial charge on any atom is 0.162 e. The van der Waals surface area contributed by atoms with Gasteiger partial charge in [0.2, 0.25) is 0 Å². The smallest absolute Gasteiger partial charge is 0.162 e. The summed E-state index contributed by atoms with van der Waals surface area (Å²) >= 11 is 0. The largest absolute Gasteiger partial charge is 0.384 e. The van der Waals surface area contributed by atoms with Crippen molar-refractivity contribution < 1.29 is 0 Å². The van der Waals surface area contributed by atoms with Crippen molar-refractivity contribution in [2.75, 3.05) is 18.0 Å². The number of nitrogens with one attached hydrogen (secondary N) is 1. The number of aromatic nitrogens is 2. The minimum Gasteiger partial charge on any atom is -0.384 e. The molecule has 0 radical (unpaired) electrons. The highest BCUT2D eigenvalue weighted by Crippen LogP contribution is 2.30. The SMILES string of the molecule is CCc1nnc(N2CC(C)C(C)C2)c(C(=N)N)c1CC. The van der Waals surface area contributed by atoms with Crippen LogP contribution in [0.1, 0.15) is 44.5 Å². The molecule has 0 aliphatic carbocycles. The molecule has 0 aromatic carbocycles. The van der Waals surface area contributed by atoms with E-state index in [9.17, 15) is 0 Å². The molecule has 2 atom stereocenters. The number of nitrogens with zero attached hydrogens (tertiary/aromatic N) is 3. The lowest BCUT2D eigenvalue weighted by Gasteiger charge is -2.22. The van der Waals surface area contributed by atoms with Crippen LogP contribution in [-0.4, -0.2) is 29.1 Å². The second-order valence-electron chi connectivity index (χ2n) is 5.80. The first kappa shape index (κ1) is 14.8. The number of amidine groups is 1. The van der Waals surface area contributed by atoms with E-state index >= 15 is 0 Å². The van der Waals surface area contributed by atoms with Gasteiger partial charge in [0.1, 0.15) is 5.84 Å². The van der Waals surface area contributed by atoms with E-state index in [4.69, 9.17) is 11.1 Å². The van der Waals surface area contributed by atoms with Crippen LogP contribution in [0.4, 0.5) is 5.82 Å². The second kappa shape index (κ2) is 5.77. The number of nitrogens with two attached hydrogens (primary N) is 1. The summed E-state index contributed by atoms with van der Waals surface area (Å²) in [6.07, 6.45) is 1.66. The molecule has 1 saturated heterocycles. The molecule has 0 bridgehead atoms. The van der Waals surface area contributed by atoms with Gasteiger partial charge in [-0.25, -0.2) is 0 Å². The fourth-order valence-corrected chi connectivity index (χ4v) is 2.97. The van der Waals surface area contributed by atoms with E-state index in [-0.39, 0.29) is 5.84 Å². The molecule has 5 heteroatoms. The normalized spacial score (nSPS) is 22.3. The molecule has 20 heavy (non-hydrogen) atoms. The molecular formula is C15H25N5. The molecule has 0 spiro atoms. The van der Waals surface area contributed by atoms with Crippen molar-refractivity contribution in [1.29, 1.82) is 5.41 Å². The lowest BCUT2D eigenvalue weighted by atomic mass is 10.0. The highest BCUT2D eigenvalue weighted by molar-refractivity contribution is 6.01.